The smallest absolute Gasteiger partial charge is 0.130 e. The number of nitrogens with zero attached hydrogens (tertiary/aromatic N) is 2. The molecule has 0 atom stereocenters. The molecule has 1 aromatic rings. The Balaban J connectivity index is 2.47. The van der Waals surface area contributed by atoms with Crippen LogP contribution in [0.4, 0.5) is 0 Å². The minimum absolute atomic E-state index is 0.118. The molecule has 1 aromatic carbocycles. The second kappa shape index (κ2) is 4.20. The molecule has 2 rings (SSSR count). The lowest BCUT2D eigenvalue weighted by Crippen LogP contribution is -2.24. The van der Waals surface area contributed by atoms with E-state index in [-0.39, 0.29) is 11.2 Å². The fourth-order valence-electron chi connectivity index (χ4n) is 2.27. The Labute approximate surface area is 107 Å². The molecule has 90 valence electrons. The number of ether oxygens (including phenoxy) is 1. The van der Waals surface area contributed by atoms with Crippen LogP contribution in [0, 0.1) is 29.6 Å². The van der Waals surface area contributed by atoms with E-state index in [0.29, 0.717) is 0 Å². The van der Waals surface area contributed by atoms with Gasteiger partial charge in [0.25, 0.3) is 0 Å². The molecule has 0 spiro atoms. The molecule has 1 aliphatic rings. The molecule has 18 heavy (non-hydrogen) atoms. The summed E-state index contributed by atoms with van der Waals surface area (Å²) in [6.45, 7) is 6.09. The molecule has 0 fully saturated rings. The molecule has 0 amide bonds. The van der Waals surface area contributed by atoms with Crippen molar-refractivity contribution in [2.75, 3.05) is 0 Å². The van der Waals surface area contributed by atoms with Gasteiger partial charge in [0.05, 0.1) is 0 Å². The van der Waals surface area contributed by atoms with Crippen LogP contribution >= 0.6 is 0 Å². The van der Waals surface area contributed by atoms with Crippen molar-refractivity contribution in [1.82, 2.24) is 0 Å². The molecule has 1 heterocycles. The topological polar surface area (TPSA) is 56.8 Å². The Kier molecular flexibility index (Phi) is 2.85. The van der Waals surface area contributed by atoms with Gasteiger partial charge in [-0.05, 0) is 55.7 Å². The van der Waals surface area contributed by atoms with Crippen LogP contribution in [0.1, 0.15) is 30.5 Å². The zero-order chi connectivity index (χ0) is 13.3. The molecular formula is C15H14N2O. The Morgan fingerprint density at radius 1 is 1.33 bits per heavy atom. The fourth-order valence-corrected chi connectivity index (χ4v) is 2.27. The highest BCUT2D eigenvalue weighted by molar-refractivity contribution is 5.65. The van der Waals surface area contributed by atoms with Gasteiger partial charge in [0.15, 0.2) is 0 Å². The van der Waals surface area contributed by atoms with E-state index in [9.17, 15) is 0 Å². The average Bonchev–Trinajstić information content (AvgIpc) is 2.61. The van der Waals surface area contributed by atoms with E-state index in [0.717, 1.165) is 28.9 Å². The van der Waals surface area contributed by atoms with E-state index in [1.807, 2.05) is 31.2 Å². The summed E-state index contributed by atoms with van der Waals surface area (Å²) in [6.07, 6.45) is 2.46. The summed E-state index contributed by atoms with van der Waals surface area (Å²) < 4.78 is 5.89. The summed E-state index contributed by atoms with van der Waals surface area (Å²) in [5.74, 6) is 0.938. The monoisotopic (exact) mass is 238 g/mol. The van der Waals surface area contributed by atoms with Crippen LogP contribution in [0.2, 0.25) is 0 Å². The number of hydrogen-bond donors (Lipinski definition) is 0. The number of rotatable bonds is 1. The molecule has 0 aliphatic carbocycles. The van der Waals surface area contributed by atoms with Gasteiger partial charge in [-0.25, -0.2) is 0 Å². The zero-order valence-corrected chi connectivity index (χ0v) is 10.7. The summed E-state index contributed by atoms with van der Waals surface area (Å²) in [5, 5.41) is 17.5. The fraction of sp³-hybridized carbons (Fsp3) is 0.333. The number of aryl methyl sites for hydroxylation is 1. The van der Waals surface area contributed by atoms with Gasteiger partial charge < -0.3 is 4.74 Å². The molecule has 3 nitrogen and oxygen atoms in total. The predicted octanol–water partition coefficient (Wildman–Crippen LogP) is 3.14. The van der Waals surface area contributed by atoms with Gasteiger partial charge in [0.1, 0.15) is 29.1 Å². The maximum atomic E-state index is 8.77. The summed E-state index contributed by atoms with van der Waals surface area (Å²) in [5.41, 5.74) is 3.00. The lowest BCUT2D eigenvalue weighted by atomic mass is 9.98. The Morgan fingerprint density at radius 3 is 2.61 bits per heavy atom. The van der Waals surface area contributed by atoms with Crippen LogP contribution in [-0.4, -0.2) is 5.60 Å². The molecule has 0 aromatic heterocycles. The van der Waals surface area contributed by atoms with Crippen molar-refractivity contribution >= 4 is 6.08 Å². The first-order chi connectivity index (χ1) is 8.45. The van der Waals surface area contributed by atoms with Gasteiger partial charge in [0.2, 0.25) is 0 Å². The van der Waals surface area contributed by atoms with Crippen molar-refractivity contribution in [2.45, 2.75) is 32.8 Å². The van der Waals surface area contributed by atoms with Gasteiger partial charge in [-0.1, -0.05) is 0 Å². The molecule has 1 aliphatic heterocycles. The third-order valence-electron chi connectivity index (χ3n) is 2.92. The third-order valence-corrected chi connectivity index (χ3v) is 2.92. The second-order valence-corrected chi connectivity index (χ2v) is 5.15. The van der Waals surface area contributed by atoms with Crippen LogP contribution < -0.4 is 4.74 Å². The average molecular weight is 238 g/mol. The van der Waals surface area contributed by atoms with E-state index in [1.54, 1.807) is 6.08 Å². The van der Waals surface area contributed by atoms with E-state index < -0.39 is 0 Å². The van der Waals surface area contributed by atoms with Crippen LogP contribution in [0.15, 0.2) is 17.7 Å². The first kappa shape index (κ1) is 12.2. The van der Waals surface area contributed by atoms with Crippen molar-refractivity contribution in [3.63, 3.8) is 0 Å². The molecule has 0 N–H and O–H groups in total. The minimum Gasteiger partial charge on any atom is -0.487 e. The Bertz CT molecular complexity index is 597. The quantitative estimate of drug-likeness (QED) is 0.706. The van der Waals surface area contributed by atoms with Crippen LogP contribution in [0.3, 0.4) is 0 Å². The molecule has 3 heteroatoms. The van der Waals surface area contributed by atoms with Gasteiger partial charge in [-0.2, -0.15) is 10.5 Å². The number of nitriles is 2. The number of benzene rings is 1. The molecule has 0 saturated carbocycles. The first-order valence-electron chi connectivity index (χ1n) is 5.79. The Morgan fingerprint density at radius 2 is 2.00 bits per heavy atom. The largest absolute Gasteiger partial charge is 0.487 e. The molecule has 0 radical (unpaired) electrons. The van der Waals surface area contributed by atoms with Crippen LogP contribution in [0.25, 0.3) is 6.08 Å². The minimum atomic E-state index is -0.178. The van der Waals surface area contributed by atoms with Crippen molar-refractivity contribution < 1.29 is 4.74 Å². The molecular weight excluding hydrogens is 224 g/mol. The van der Waals surface area contributed by atoms with Gasteiger partial charge in [-0.15, -0.1) is 0 Å². The van der Waals surface area contributed by atoms with E-state index >= 15 is 0 Å². The van der Waals surface area contributed by atoms with E-state index in [2.05, 4.69) is 13.8 Å². The molecule has 0 saturated heterocycles. The summed E-state index contributed by atoms with van der Waals surface area (Å²) >= 11 is 0. The third kappa shape index (κ3) is 2.21. The van der Waals surface area contributed by atoms with Crippen molar-refractivity contribution in [1.29, 1.82) is 10.5 Å². The van der Waals surface area contributed by atoms with Crippen molar-refractivity contribution in [2.24, 2.45) is 0 Å². The first-order valence-corrected chi connectivity index (χ1v) is 5.79. The highest BCUT2D eigenvalue weighted by atomic mass is 16.5. The molecule has 0 bridgehead atoms. The number of fused-ring (bicyclic) bond motifs is 1. The van der Waals surface area contributed by atoms with Crippen molar-refractivity contribution in [3.05, 3.63) is 34.4 Å². The second-order valence-electron chi connectivity index (χ2n) is 5.15. The van der Waals surface area contributed by atoms with Gasteiger partial charge in [-0.3, -0.25) is 0 Å². The highest BCUT2D eigenvalue weighted by Gasteiger charge is 2.31. The highest BCUT2D eigenvalue weighted by Crippen LogP contribution is 2.38. The van der Waals surface area contributed by atoms with E-state index in [4.69, 9.17) is 15.3 Å². The van der Waals surface area contributed by atoms with Gasteiger partial charge >= 0.3 is 0 Å². The van der Waals surface area contributed by atoms with E-state index in [1.165, 1.54) is 0 Å². The zero-order valence-electron chi connectivity index (χ0n) is 10.7. The lowest BCUT2D eigenvalue weighted by Gasteiger charge is -2.17. The Hall–Kier alpha value is -2.26. The lowest BCUT2D eigenvalue weighted by molar-refractivity contribution is 0.137. The number of hydrogen-bond acceptors (Lipinski definition) is 3. The predicted molar refractivity (Wildman–Crippen MR) is 68.8 cm³/mol. The van der Waals surface area contributed by atoms with Crippen molar-refractivity contribution in [3.8, 4) is 17.9 Å². The summed E-state index contributed by atoms with van der Waals surface area (Å²) in [7, 11) is 0. The standard InChI is InChI=1S/C15H14N2O/c1-10-4-11(5-12(8-16)9-17)6-13-7-15(2,3)18-14(10)13/h4-6H,7H2,1-3H3. The maximum Gasteiger partial charge on any atom is 0.130 e. The van der Waals surface area contributed by atoms with Gasteiger partial charge in [0, 0.05) is 6.42 Å². The summed E-state index contributed by atoms with van der Waals surface area (Å²) in [6, 6.07) is 7.68. The maximum absolute atomic E-state index is 8.77. The van der Waals surface area contributed by atoms with Crippen LogP contribution in [-0.2, 0) is 6.42 Å². The number of allylic oxidation sites excluding steroid dienone is 1. The van der Waals surface area contributed by atoms with Crippen LogP contribution in [0.5, 0.6) is 5.75 Å². The normalized spacial score (nSPS) is 14.9. The SMILES string of the molecule is Cc1cc(C=C(C#N)C#N)cc2c1OC(C)(C)C2. The summed E-state index contributed by atoms with van der Waals surface area (Å²) in [4.78, 5) is 0. The molecule has 0 unspecified atom stereocenters.